The van der Waals surface area contributed by atoms with Crippen LogP contribution in [-0.4, -0.2) is 6.54 Å². The van der Waals surface area contributed by atoms with Crippen molar-refractivity contribution in [1.29, 1.82) is 0 Å². The van der Waals surface area contributed by atoms with Gasteiger partial charge in [0.1, 0.15) is 0 Å². The SMILES string of the molecule is CC(CN)CC(C)C(C)C(C)C. The average Bonchev–Trinajstić information content (AvgIpc) is 2.02. The van der Waals surface area contributed by atoms with E-state index in [1.165, 1.54) is 6.42 Å². The fraction of sp³-hybridized carbons (Fsp3) is 1.00. The highest BCUT2D eigenvalue weighted by molar-refractivity contribution is 4.68. The summed E-state index contributed by atoms with van der Waals surface area (Å²) >= 11 is 0. The van der Waals surface area contributed by atoms with E-state index in [1.807, 2.05) is 0 Å². The first-order chi connectivity index (χ1) is 5.49. The maximum atomic E-state index is 5.60. The minimum Gasteiger partial charge on any atom is -0.330 e. The summed E-state index contributed by atoms with van der Waals surface area (Å²) in [4.78, 5) is 0. The highest BCUT2D eigenvalue weighted by atomic mass is 14.5. The Balaban J connectivity index is 3.78. The molecule has 0 radical (unpaired) electrons. The van der Waals surface area contributed by atoms with Gasteiger partial charge in [-0.2, -0.15) is 0 Å². The molecule has 0 aliphatic rings. The minimum atomic E-state index is 0.682. The highest BCUT2D eigenvalue weighted by Gasteiger charge is 2.17. The van der Waals surface area contributed by atoms with Crippen LogP contribution in [-0.2, 0) is 0 Å². The van der Waals surface area contributed by atoms with E-state index in [2.05, 4.69) is 34.6 Å². The van der Waals surface area contributed by atoms with Crippen molar-refractivity contribution >= 4 is 0 Å². The summed E-state index contributed by atoms with van der Waals surface area (Å²) in [7, 11) is 0. The normalized spacial score (nSPS) is 19.2. The van der Waals surface area contributed by atoms with Gasteiger partial charge in [-0.05, 0) is 36.6 Å². The number of rotatable bonds is 5. The monoisotopic (exact) mass is 171 g/mol. The van der Waals surface area contributed by atoms with Crippen LogP contribution in [0.3, 0.4) is 0 Å². The largest absolute Gasteiger partial charge is 0.330 e. The second kappa shape index (κ2) is 5.58. The predicted molar refractivity (Wildman–Crippen MR) is 56.0 cm³/mol. The smallest absolute Gasteiger partial charge is 0.00514 e. The van der Waals surface area contributed by atoms with Gasteiger partial charge in [0.05, 0.1) is 0 Å². The first kappa shape index (κ1) is 12.0. The molecular formula is C11H25N. The van der Waals surface area contributed by atoms with Crippen molar-refractivity contribution in [3.05, 3.63) is 0 Å². The molecule has 0 aromatic heterocycles. The van der Waals surface area contributed by atoms with Crippen LogP contribution < -0.4 is 5.73 Å². The van der Waals surface area contributed by atoms with Gasteiger partial charge >= 0.3 is 0 Å². The standard InChI is InChI=1S/C11H25N/c1-8(2)11(5)10(4)6-9(3)7-12/h8-11H,6-7,12H2,1-5H3. The maximum absolute atomic E-state index is 5.60. The molecule has 0 fully saturated rings. The van der Waals surface area contributed by atoms with Gasteiger partial charge in [-0.1, -0.05) is 34.6 Å². The van der Waals surface area contributed by atoms with E-state index >= 15 is 0 Å². The molecule has 0 saturated carbocycles. The molecule has 0 saturated heterocycles. The molecule has 0 spiro atoms. The van der Waals surface area contributed by atoms with Gasteiger partial charge in [0.25, 0.3) is 0 Å². The van der Waals surface area contributed by atoms with E-state index in [-0.39, 0.29) is 0 Å². The average molecular weight is 171 g/mol. The van der Waals surface area contributed by atoms with E-state index in [0.717, 1.165) is 24.3 Å². The minimum absolute atomic E-state index is 0.682. The molecule has 0 rings (SSSR count). The van der Waals surface area contributed by atoms with Gasteiger partial charge in [-0.15, -0.1) is 0 Å². The lowest BCUT2D eigenvalue weighted by Crippen LogP contribution is -2.20. The van der Waals surface area contributed by atoms with E-state index in [9.17, 15) is 0 Å². The van der Waals surface area contributed by atoms with Crippen LogP contribution in [0.4, 0.5) is 0 Å². The summed E-state index contributed by atoms with van der Waals surface area (Å²) < 4.78 is 0. The topological polar surface area (TPSA) is 26.0 Å². The van der Waals surface area contributed by atoms with Crippen LogP contribution in [0, 0.1) is 23.7 Å². The lowest BCUT2D eigenvalue weighted by atomic mass is 9.81. The first-order valence-electron chi connectivity index (χ1n) is 5.19. The van der Waals surface area contributed by atoms with Crippen molar-refractivity contribution in [2.24, 2.45) is 29.4 Å². The molecule has 74 valence electrons. The van der Waals surface area contributed by atoms with Crippen LogP contribution in [0.5, 0.6) is 0 Å². The van der Waals surface area contributed by atoms with Crippen LogP contribution in [0.2, 0.25) is 0 Å². The second-order valence-corrected chi connectivity index (χ2v) is 4.66. The number of hydrogen-bond acceptors (Lipinski definition) is 1. The van der Waals surface area contributed by atoms with Crippen molar-refractivity contribution < 1.29 is 0 Å². The molecule has 0 aliphatic heterocycles. The summed E-state index contributed by atoms with van der Waals surface area (Å²) in [6.45, 7) is 12.4. The first-order valence-corrected chi connectivity index (χ1v) is 5.19. The lowest BCUT2D eigenvalue weighted by Gasteiger charge is -2.25. The van der Waals surface area contributed by atoms with Gasteiger partial charge < -0.3 is 5.73 Å². The van der Waals surface area contributed by atoms with Gasteiger partial charge in [0.15, 0.2) is 0 Å². The third-order valence-electron chi connectivity index (χ3n) is 3.13. The highest BCUT2D eigenvalue weighted by Crippen LogP contribution is 2.25. The fourth-order valence-corrected chi connectivity index (χ4v) is 1.60. The zero-order valence-corrected chi connectivity index (χ0v) is 9.30. The van der Waals surface area contributed by atoms with Crippen LogP contribution in [0.1, 0.15) is 41.0 Å². The molecule has 0 aromatic rings. The molecule has 3 unspecified atom stereocenters. The molecule has 0 amide bonds. The lowest BCUT2D eigenvalue weighted by molar-refractivity contribution is 0.254. The Labute approximate surface area is 77.7 Å². The van der Waals surface area contributed by atoms with E-state index in [0.29, 0.717) is 5.92 Å². The third kappa shape index (κ3) is 4.10. The van der Waals surface area contributed by atoms with Gasteiger partial charge in [0.2, 0.25) is 0 Å². The van der Waals surface area contributed by atoms with Gasteiger partial charge in [-0.3, -0.25) is 0 Å². The molecule has 12 heavy (non-hydrogen) atoms. The van der Waals surface area contributed by atoms with Gasteiger partial charge in [0, 0.05) is 0 Å². The Kier molecular flexibility index (Phi) is 5.56. The molecule has 0 aromatic carbocycles. The Bertz CT molecular complexity index is 110. The van der Waals surface area contributed by atoms with E-state index < -0.39 is 0 Å². The molecular weight excluding hydrogens is 146 g/mol. The van der Waals surface area contributed by atoms with E-state index in [4.69, 9.17) is 5.73 Å². The summed E-state index contributed by atoms with van der Waals surface area (Å²) in [5.74, 6) is 3.11. The molecule has 1 nitrogen and oxygen atoms in total. The second-order valence-electron chi connectivity index (χ2n) is 4.66. The summed E-state index contributed by atoms with van der Waals surface area (Å²) in [6, 6.07) is 0. The molecule has 2 N–H and O–H groups in total. The van der Waals surface area contributed by atoms with Crippen molar-refractivity contribution in [2.75, 3.05) is 6.54 Å². The summed E-state index contributed by atoms with van der Waals surface area (Å²) in [6.07, 6.45) is 1.27. The zero-order chi connectivity index (χ0) is 9.72. The fourth-order valence-electron chi connectivity index (χ4n) is 1.60. The Morgan fingerprint density at radius 3 is 1.83 bits per heavy atom. The Morgan fingerprint density at radius 1 is 1.00 bits per heavy atom. The number of nitrogens with two attached hydrogens (primary N) is 1. The van der Waals surface area contributed by atoms with Gasteiger partial charge in [-0.25, -0.2) is 0 Å². The van der Waals surface area contributed by atoms with Crippen LogP contribution in [0.25, 0.3) is 0 Å². The van der Waals surface area contributed by atoms with Crippen molar-refractivity contribution in [1.82, 2.24) is 0 Å². The number of hydrogen-bond donors (Lipinski definition) is 1. The van der Waals surface area contributed by atoms with Crippen molar-refractivity contribution in [3.8, 4) is 0 Å². The summed E-state index contributed by atoms with van der Waals surface area (Å²) in [5, 5.41) is 0. The molecule has 0 heterocycles. The van der Waals surface area contributed by atoms with Crippen molar-refractivity contribution in [2.45, 2.75) is 41.0 Å². The van der Waals surface area contributed by atoms with Crippen LogP contribution >= 0.6 is 0 Å². The molecule has 1 heteroatoms. The van der Waals surface area contributed by atoms with Crippen LogP contribution in [0.15, 0.2) is 0 Å². The summed E-state index contributed by atoms with van der Waals surface area (Å²) in [5.41, 5.74) is 5.60. The van der Waals surface area contributed by atoms with E-state index in [1.54, 1.807) is 0 Å². The third-order valence-corrected chi connectivity index (χ3v) is 3.13. The Morgan fingerprint density at radius 2 is 1.50 bits per heavy atom. The van der Waals surface area contributed by atoms with Crippen molar-refractivity contribution in [3.63, 3.8) is 0 Å². The molecule has 3 atom stereocenters. The zero-order valence-electron chi connectivity index (χ0n) is 9.30. The molecule has 0 bridgehead atoms. The maximum Gasteiger partial charge on any atom is -0.00514 e. The Hall–Kier alpha value is -0.0400. The molecule has 0 aliphatic carbocycles. The quantitative estimate of drug-likeness (QED) is 0.676. The predicted octanol–water partition coefficient (Wildman–Crippen LogP) is 2.90.